The van der Waals surface area contributed by atoms with E-state index in [2.05, 4.69) is 12.2 Å². The number of hydrogen-bond donors (Lipinski definition) is 1. The SMILES string of the molecule is CC.CC.CCNc1ccccc1OCC.[HH]. The maximum atomic E-state index is 5.43. The maximum absolute atomic E-state index is 5.43. The second kappa shape index (κ2) is 13.8. The molecule has 0 radical (unpaired) electrons. The highest BCUT2D eigenvalue weighted by Gasteiger charge is 1.98. The molecule has 0 aliphatic rings. The summed E-state index contributed by atoms with van der Waals surface area (Å²) in [6.45, 7) is 13.7. The summed E-state index contributed by atoms with van der Waals surface area (Å²) in [6, 6.07) is 7.97. The van der Waals surface area contributed by atoms with Crippen molar-refractivity contribution >= 4 is 5.69 Å². The second-order valence-electron chi connectivity index (χ2n) is 2.46. The lowest BCUT2D eigenvalue weighted by Gasteiger charge is -2.09. The third-order valence-electron chi connectivity index (χ3n) is 1.55. The molecule has 0 saturated heterocycles. The van der Waals surface area contributed by atoms with Gasteiger partial charge in [-0.25, -0.2) is 0 Å². The zero-order valence-electron chi connectivity index (χ0n) is 11.6. The molecule has 1 N–H and O–H groups in total. The highest BCUT2D eigenvalue weighted by Crippen LogP contribution is 2.22. The van der Waals surface area contributed by atoms with Crippen molar-refractivity contribution in [1.29, 1.82) is 0 Å². The fourth-order valence-corrected chi connectivity index (χ4v) is 1.08. The topological polar surface area (TPSA) is 21.3 Å². The Hall–Kier alpha value is -1.18. The van der Waals surface area contributed by atoms with E-state index in [0.29, 0.717) is 6.61 Å². The van der Waals surface area contributed by atoms with E-state index in [1.54, 1.807) is 0 Å². The molecule has 0 aliphatic carbocycles. The molecule has 1 rings (SSSR count). The van der Waals surface area contributed by atoms with Gasteiger partial charge in [-0.2, -0.15) is 0 Å². The van der Waals surface area contributed by atoms with Gasteiger partial charge < -0.3 is 10.1 Å². The van der Waals surface area contributed by atoms with Crippen LogP contribution >= 0.6 is 0 Å². The number of hydrogen-bond acceptors (Lipinski definition) is 2. The zero-order valence-corrected chi connectivity index (χ0v) is 11.6. The van der Waals surface area contributed by atoms with Gasteiger partial charge in [-0.05, 0) is 26.0 Å². The fourth-order valence-electron chi connectivity index (χ4n) is 1.08. The zero-order chi connectivity index (χ0) is 12.8. The lowest BCUT2D eigenvalue weighted by Crippen LogP contribution is -2.00. The van der Waals surface area contributed by atoms with Crippen LogP contribution in [0.2, 0.25) is 0 Å². The molecule has 1 aromatic carbocycles. The Balaban J connectivity index is -0.000000355. The smallest absolute Gasteiger partial charge is 0.142 e. The molecule has 0 amide bonds. The molecule has 0 fully saturated rings. The van der Waals surface area contributed by atoms with Crippen molar-refractivity contribution in [2.24, 2.45) is 0 Å². The monoisotopic (exact) mass is 227 g/mol. The molecule has 0 heterocycles. The van der Waals surface area contributed by atoms with Crippen LogP contribution in [0.4, 0.5) is 5.69 Å². The van der Waals surface area contributed by atoms with Crippen LogP contribution < -0.4 is 10.1 Å². The van der Waals surface area contributed by atoms with Crippen LogP contribution in [0, 0.1) is 0 Å². The van der Waals surface area contributed by atoms with Crippen molar-refractivity contribution in [2.45, 2.75) is 41.5 Å². The van der Waals surface area contributed by atoms with Gasteiger partial charge in [-0.1, -0.05) is 39.8 Å². The molecular formula is C14H29NO. The number of para-hydroxylation sites is 2. The first-order valence-corrected chi connectivity index (χ1v) is 6.34. The maximum Gasteiger partial charge on any atom is 0.142 e. The van der Waals surface area contributed by atoms with Crippen molar-refractivity contribution in [3.05, 3.63) is 24.3 Å². The number of nitrogens with one attached hydrogen (secondary N) is 1. The first kappa shape index (κ1) is 17.2. The molecule has 2 heteroatoms. The molecular weight excluding hydrogens is 198 g/mol. The molecule has 16 heavy (non-hydrogen) atoms. The Kier molecular flexibility index (Phi) is 14.9. The van der Waals surface area contributed by atoms with E-state index in [0.717, 1.165) is 18.0 Å². The molecule has 1 aromatic rings. The van der Waals surface area contributed by atoms with Gasteiger partial charge in [0.05, 0.1) is 12.3 Å². The second-order valence-corrected chi connectivity index (χ2v) is 2.46. The largest absolute Gasteiger partial charge is 0.492 e. The fraction of sp³-hybridized carbons (Fsp3) is 0.571. The van der Waals surface area contributed by atoms with Crippen LogP contribution in [0.3, 0.4) is 0 Å². The Morgan fingerprint density at radius 2 is 1.62 bits per heavy atom. The molecule has 96 valence electrons. The molecule has 0 saturated carbocycles. The van der Waals surface area contributed by atoms with Crippen molar-refractivity contribution in [2.75, 3.05) is 18.5 Å². The van der Waals surface area contributed by atoms with Gasteiger partial charge >= 0.3 is 0 Å². The van der Waals surface area contributed by atoms with Gasteiger partial charge in [0.25, 0.3) is 0 Å². The highest BCUT2D eigenvalue weighted by atomic mass is 16.5. The lowest BCUT2D eigenvalue weighted by molar-refractivity contribution is 0.342. The van der Waals surface area contributed by atoms with Crippen LogP contribution in [0.1, 0.15) is 43.0 Å². The summed E-state index contributed by atoms with van der Waals surface area (Å²) in [7, 11) is 0. The molecule has 0 aromatic heterocycles. The average Bonchev–Trinajstić information content (AvgIpc) is 2.37. The number of benzene rings is 1. The number of anilines is 1. The third kappa shape index (κ3) is 7.16. The van der Waals surface area contributed by atoms with Gasteiger partial charge in [0, 0.05) is 7.97 Å². The summed E-state index contributed by atoms with van der Waals surface area (Å²) in [4.78, 5) is 0. The normalized spacial score (nSPS) is 7.88. The first-order chi connectivity index (χ1) is 7.88. The molecule has 0 unspecified atom stereocenters. The van der Waals surface area contributed by atoms with Crippen LogP contribution in [0.25, 0.3) is 0 Å². The standard InChI is InChI=1S/C10H15NO.2C2H6.H2/c1-3-11-9-7-5-6-8-10(9)12-4-2;2*1-2;/h5-8,11H,3-4H2,1-2H3;2*1-2H3;1H. The van der Waals surface area contributed by atoms with Gasteiger partial charge in [0.2, 0.25) is 0 Å². The van der Waals surface area contributed by atoms with Crippen LogP contribution in [0.15, 0.2) is 24.3 Å². The quantitative estimate of drug-likeness (QED) is 0.796. The Morgan fingerprint density at radius 3 is 2.12 bits per heavy atom. The predicted octanol–water partition coefficient (Wildman–Crippen LogP) is 4.82. The van der Waals surface area contributed by atoms with Gasteiger partial charge in [-0.3, -0.25) is 0 Å². The summed E-state index contributed by atoms with van der Waals surface area (Å²) >= 11 is 0. The van der Waals surface area contributed by atoms with Crippen LogP contribution in [-0.2, 0) is 0 Å². The molecule has 0 atom stereocenters. The summed E-state index contributed by atoms with van der Waals surface area (Å²) in [5.41, 5.74) is 1.07. The molecule has 0 bridgehead atoms. The minimum absolute atomic E-state index is 0. The first-order valence-electron chi connectivity index (χ1n) is 6.34. The lowest BCUT2D eigenvalue weighted by atomic mass is 10.3. The Bertz CT molecular complexity index is 216. The number of ether oxygens (including phenoxy) is 1. The van der Waals surface area contributed by atoms with E-state index in [9.17, 15) is 0 Å². The Morgan fingerprint density at radius 1 is 1.06 bits per heavy atom. The molecule has 0 aliphatic heterocycles. The van der Waals surface area contributed by atoms with Gasteiger partial charge in [0.1, 0.15) is 5.75 Å². The van der Waals surface area contributed by atoms with Crippen molar-refractivity contribution in [3.8, 4) is 5.75 Å². The summed E-state index contributed by atoms with van der Waals surface area (Å²) in [5, 5.41) is 3.24. The molecule has 0 spiro atoms. The highest BCUT2D eigenvalue weighted by molar-refractivity contribution is 5.55. The van der Waals surface area contributed by atoms with Crippen molar-refractivity contribution in [1.82, 2.24) is 0 Å². The van der Waals surface area contributed by atoms with E-state index in [1.807, 2.05) is 58.9 Å². The van der Waals surface area contributed by atoms with Crippen molar-refractivity contribution in [3.63, 3.8) is 0 Å². The van der Waals surface area contributed by atoms with Crippen LogP contribution in [0.5, 0.6) is 5.75 Å². The Labute approximate surface area is 103 Å². The average molecular weight is 227 g/mol. The van der Waals surface area contributed by atoms with E-state index in [4.69, 9.17) is 4.74 Å². The van der Waals surface area contributed by atoms with E-state index in [-0.39, 0.29) is 1.43 Å². The van der Waals surface area contributed by atoms with Crippen molar-refractivity contribution < 1.29 is 6.16 Å². The van der Waals surface area contributed by atoms with Gasteiger partial charge in [-0.15, -0.1) is 0 Å². The number of rotatable bonds is 4. The summed E-state index contributed by atoms with van der Waals surface area (Å²) < 4.78 is 5.43. The summed E-state index contributed by atoms with van der Waals surface area (Å²) in [5.74, 6) is 0.932. The minimum Gasteiger partial charge on any atom is -0.492 e. The predicted molar refractivity (Wildman–Crippen MR) is 76.6 cm³/mol. The summed E-state index contributed by atoms with van der Waals surface area (Å²) in [6.07, 6.45) is 0. The third-order valence-corrected chi connectivity index (χ3v) is 1.55. The molecule has 2 nitrogen and oxygen atoms in total. The van der Waals surface area contributed by atoms with Crippen LogP contribution in [-0.4, -0.2) is 13.2 Å². The minimum atomic E-state index is 0. The van der Waals surface area contributed by atoms with E-state index in [1.165, 1.54) is 0 Å². The van der Waals surface area contributed by atoms with E-state index >= 15 is 0 Å². The van der Waals surface area contributed by atoms with E-state index < -0.39 is 0 Å². The van der Waals surface area contributed by atoms with Gasteiger partial charge in [0.15, 0.2) is 0 Å².